The molecule has 28 heavy (non-hydrogen) atoms. The highest BCUT2D eigenvalue weighted by Gasteiger charge is 2.37. The molecular formula is C16H11ClF9NO. The molecule has 0 heterocycles. The zero-order valence-electron chi connectivity index (χ0n) is 13.4. The summed E-state index contributed by atoms with van der Waals surface area (Å²) in [6.07, 6.45) is -15.0. The second-order valence-electron chi connectivity index (χ2n) is 5.43. The first kappa shape index (κ1) is 23.9. The van der Waals surface area contributed by atoms with E-state index < -0.39 is 47.2 Å². The number of benzene rings is 2. The van der Waals surface area contributed by atoms with Gasteiger partial charge in [0.2, 0.25) is 0 Å². The Labute approximate surface area is 158 Å². The Morgan fingerprint density at radius 2 is 1.11 bits per heavy atom. The maximum absolute atomic E-state index is 12.9. The molecule has 2 aromatic rings. The Hall–Kier alpha value is -2.14. The molecule has 2 aromatic carbocycles. The van der Waals surface area contributed by atoms with Gasteiger partial charge in [0.05, 0.1) is 17.2 Å². The molecule has 0 radical (unpaired) electrons. The molecule has 0 saturated heterocycles. The van der Waals surface area contributed by atoms with Gasteiger partial charge < -0.3 is 10.5 Å². The van der Waals surface area contributed by atoms with E-state index in [9.17, 15) is 39.5 Å². The summed E-state index contributed by atoms with van der Waals surface area (Å²) in [5.74, 6) is -0.613. The number of ether oxygens (including phenoxy) is 1. The van der Waals surface area contributed by atoms with Crippen molar-refractivity contribution in [2.24, 2.45) is 5.73 Å². The third kappa shape index (κ3) is 6.20. The minimum atomic E-state index is -5.04. The van der Waals surface area contributed by atoms with Gasteiger partial charge in [-0.2, -0.15) is 26.3 Å². The molecule has 0 bridgehead atoms. The van der Waals surface area contributed by atoms with E-state index in [4.69, 9.17) is 5.73 Å². The molecule has 156 valence electrons. The summed E-state index contributed by atoms with van der Waals surface area (Å²) < 4.78 is 117. The molecular weight excluding hydrogens is 429 g/mol. The molecule has 12 heteroatoms. The Balaban J connectivity index is 0.00000392. The summed E-state index contributed by atoms with van der Waals surface area (Å²) in [5, 5.41) is 0. The van der Waals surface area contributed by atoms with Gasteiger partial charge in [0.15, 0.2) is 0 Å². The molecule has 0 aromatic heterocycles. The van der Waals surface area contributed by atoms with E-state index in [1.165, 1.54) is 0 Å². The van der Waals surface area contributed by atoms with Gasteiger partial charge >= 0.3 is 18.7 Å². The minimum absolute atomic E-state index is 0. The maximum Gasteiger partial charge on any atom is 0.573 e. The lowest BCUT2D eigenvalue weighted by atomic mass is 9.95. The van der Waals surface area contributed by atoms with Crippen molar-refractivity contribution in [3.8, 4) is 5.75 Å². The van der Waals surface area contributed by atoms with Gasteiger partial charge in [-0.3, -0.25) is 0 Å². The van der Waals surface area contributed by atoms with Crippen molar-refractivity contribution >= 4 is 12.4 Å². The van der Waals surface area contributed by atoms with Crippen LogP contribution in [0.3, 0.4) is 0 Å². The summed E-state index contributed by atoms with van der Waals surface area (Å²) >= 11 is 0. The summed E-state index contributed by atoms with van der Waals surface area (Å²) in [4.78, 5) is 0. The third-order valence-corrected chi connectivity index (χ3v) is 3.44. The predicted molar refractivity (Wildman–Crippen MR) is 82.8 cm³/mol. The van der Waals surface area contributed by atoms with Gasteiger partial charge in [-0.1, -0.05) is 12.1 Å². The quantitative estimate of drug-likeness (QED) is 0.587. The highest BCUT2D eigenvalue weighted by molar-refractivity contribution is 5.85. The van der Waals surface area contributed by atoms with Crippen molar-refractivity contribution in [3.05, 3.63) is 64.7 Å². The topological polar surface area (TPSA) is 35.2 Å². The number of hydrogen-bond acceptors (Lipinski definition) is 2. The van der Waals surface area contributed by atoms with Gasteiger partial charge in [0.1, 0.15) is 5.75 Å². The fraction of sp³-hybridized carbons (Fsp3) is 0.250. The zero-order chi connectivity index (χ0) is 20.6. The third-order valence-electron chi connectivity index (χ3n) is 3.44. The van der Waals surface area contributed by atoms with Crippen LogP contribution in [-0.2, 0) is 12.4 Å². The van der Waals surface area contributed by atoms with E-state index in [2.05, 4.69) is 4.74 Å². The van der Waals surface area contributed by atoms with E-state index in [0.717, 1.165) is 24.3 Å². The summed E-state index contributed by atoms with van der Waals surface area (Å²) in [6.45, 7) is 0. The first-order chi connectivity index (χ1) is 12.2. The van der Waals surface area contributed by atoms with Crippen molar-refractivity contribution in [2.75, 3.05) is 0 Å². The number of rotatable bonds is 3. The van der Waals surface area contributed by atoms with E-state index in [1.54, 1.807) is 0 Å². The highest BCUT2D eigenvalue weighted by atomic mass is 35.5. The fourth-order valence-electron chi connectivity index (χ4n) is 2.23. The SMILES string of the molecule is Cl.N[C@@H](c1ccc(OC(F)(F)F)cc1)c1cc(C(F)(F)F)cc(C(F)(F)F)c1. The van der Waals surface area contributed by atoms with E-state index in [1.807, 2.05) is 0 Å². The summed E-state index contributed by atoms with van der Waals surface area (Å²) in [5.41, 5.74) is 2.14. The second kappa shape index (κ2) is 8.08. The molecule has 0 saturated carbocycles. The predicted octanol–water partition coefficient (Wildman–Crippen LogP) is 6.09. The van der Waals surface area contributed by atoms with E-state index in [0.29, 0.717) is 12.1 Å². The van der Waals surface area contributed by atoms with Crippen LogP contribution < -0.4 is 10.5 Å². The number of nitrogens with two attached hydrogens (primary N) is 1. The van der Waals surface area contributed by atoms with Crippen LogP contribution in [0.5, 0.6) is 5.75 Å². The van der Waals surface area contributed by atoms with Crippen molar-refractivity contribution in [1.29, 1.82) is 0 Å². The molecule has 0 spiro atoms. The smallest absolute Gasteiger partial charge is 0.406 e. The van der Waals surface area contributed by atoms with Crippen molar-refractivity contribution in [1.82, 2.24) is 0 Å². The molecule has 0 fully saturated rings. The lowest BCUT2D eigenvalue weighted by molar-refractivity contribution is -0.274. The molecule has 0 amide bonds. The van der Waals surface area contributed by atoms with Crippen LogP contribution in [0.2, 0.25) is 0 Å². The van der Waals surface area contributed by atoms with Crippen molar-refractivity contribution in [2.45, 2.75) is 24.8 Å². The van der Waals surface area contributed by atoms with Crippen LogP contribution in [0.1, 0.15) is 28.3 Å². The minimum Gasteiger partial charge on any atom is -0.406 e. The fourth-order valence-corrected chi connectivity index (χ4v) is 2.23. The van der Waals surface area contributed by atoms with Crippen molar-refractivity contribution < 1.29 is 44.3 Å². The Kier molecular flexibility index (Phi) is 6.89. The van der Waals surface area contributed by atoms with E-state index >= 15 is 0 Å². The average Bonchev–Trinajstić information content (AvgIpc) is 2.51. The van der Waals surface area contributed by atoms with Gasteiger partial charge in [-0.25, -0.2) is 0 Å². The zero-order valence-corrected chi connectivity index (χ0v) is 14.2. The van der Waals surface area contributed by atoms with Crippen LogP contribution in [0.15, 0.2) is 42.5 Å². The summed E-state index contributed by atoms with van der Waals surface area (Å²) in [7, 11) is 0. The van der Waals surface area contributed by atoms with Gasteiger partial charge in [0.25, 0.3) is 0 Å². The van der Waals surface area contributed by atoms with Gasteiger partial charge in [-0.05, 0) is 41.5 Å². The van der Waals surface area contributed by atoms with E-state index in [-0.39, 0.29) is 24.0 Å². The molecule has 0 aliphatic carbocycles. The van der Waals surface area contributed by atoms with Crippen LogP contribution in [0.4, 0.5) is 39.5 Å². The second-order valence-corrected chi connectivity index (χ2v) is 5.43. The largest absolute Gasteiger partial charge is 0.573 e. The Morgan fingerprint density at radius 3 is 1.46 bits per heavy atom. The summed E-state index contributed by atoms with van der Waals surface area (Å²) in [6, 6.07) is 3.16. The van der Waals surface area contributed by atoms with Crippen LogP contribution >= 0.6 is 12.4 Å². The standard InChI is InChI=1S/C16H10F9NO.ClH/c17-14(18,19)10-5-9(6-11(7-10)15(20,21)22)13(26)8-1-3-12(4-2-8)27-16(23,24)25;/h1-7,13H,26H2;1H/t13-;/m0./s1. The number of hydrogen-bond donors (Lipinski definition) is 1. The van der Waals surface area contributed by atoms with Crippen LogP contribution in [0.25, 0.3) is 0 Å². The normalized spacial score (nSPS) is 13.6. The lowest BCUT2D eigenvalue weighted by Crippen LogP contribution is -2.18. The average molecular weight is 440 g/mol. The molecule has 0 unspecified atom stereocenters. The molecule has 2 nitrogen and oxygen atoms in total. The molecule has 1 atom stereocenters. The van der Waals surface area contributed by atoms with Crippen molar-refractivity contribution in [3.63, 3.8) is 0 Å². The Bertz CT molecular complexity index is 765. The molecule has 2 N–H and O–H groups in total. The lowest BCUT2D eigenvalue weighted by Gasteiger charge is -2.18. The molecule has 2 rings (SSSR count). The first-order valence-corrected chi connectivity index (χ1v) is 7.07. The van der Waals surface area contributed by atoms with Gasteiger partial charge in [-0.15, -0.1) is 25.6 Å². The van der Waals surface area contributed by atoms with Gasteiger partial charge in [0, 0.05) is 0 Å². The maximum atomic E-state index is 12.9. The number of alkyl halides is 9. The Morgan fingerprint density at radius 1 is 0.679 bits per heavy atom. The monoisotopic (exact) mass is 439 g/mol. The first-order valence-electron chi connectivity index (χ1n) is 7.07. The molecule has 0 aliphatic heterocycles. The van der Waals surface area contributed by atoms with Crippen LogP contribution in [-0.4, -0.2) is 6.36 Å². The molecule has 0 aliphatic rings. The van der Waals surface area contributed by atoms with Crippen LogP contribution in [0, 0.1) is 0 Å². The number of halogens is 10. The highest BCUT2D eigenvalue weighted by Crippen LogP contribution is 2.38.